The van der Waals surface area contributed by atoms with Crippen LogP contribution in [-0.4, -0.2) is 37.9 Å². The maximum Gasteiger partial charge on any atom is 0.407 e. The highest BCUT2D eigenvalue weighted by Gasteiger charge is 2.46. The van der Waals surface area contributed by atoms with Gasteiger partial charge in [0, 0.05) is 6.42 Å². The van der Waals surface area contributed by atoms with E-state index in [0.717, 1.165) is 31.2 Å². The van der Waals surface area contributed by atoms with Gasteiger partial charge in [0.1, 0.15) is 6.04 Å². The second kappa shape index (κ2) is 8.02. The number of halogens is 3. The molecular formula is C21H28F3NO3S. The van der Waals surface area contributed by atoms with Gasteiger partial charge in [0.15, 0.2) is 15.6 Å². The summed E-state index contributed by atoms with van der Waals surface area (Å²) in [4.78, 5) is 12.8. The van der Waals surface area contributed by atoms with Crippen molar-refractivity contribution >= 4 is 15.6 Å². The zero-order valence-electron chi connectivity index (χ0n) is 16.8. The molecule has 4 nitrogen and oxygen atoms in total. The van der Waals surface area contributed by atoms with Crippen LogP contribution < -0.4 is 5.32 Å². The molecule has 1 N–H and O–H groups in total. The van der Waals surface area contributed by atoms with Crippen molar-refractivity contribution in [3.05, 3.63) is 35.4 Å². The summed E-state index contributed by atoms with van der Waals surface area (Å²) < 4.78 is 66.5. The number of alkyl halides is 3. The maximum absolute atomic E-state index is 13.8. The fourth-order valence-electron chi connectivity index (χ4n) is 3.47. The molecule has 0 radical (unpaired) electrons. The zero-order valence-corrected chi connectivity index (χ0v) is 17.6. The van der Waals surface area contributed by atoms with Crippen molar-refractivity contribution in [3.63, 3.8) is 0 Å². The van der Waals surface area contributed by atoms with Crippen LogP contribution in [-0.2, 0) is 14.6 Å². The van der Waals surface area contributed by atoms with Crippen LogP contribution >= 0.6 is 0 Å². The first-order valence-corrected chi connectivity index (χ1v) is 11.8. The summed E-state index contributed by atoms with van der Waals surface area (Å²) in [6.45, 7) is 3.68. The molecule has 2 atom stereocenters. The Morgan fingerprint density at radius 2 is 1.79 bits per heavy atom. The fraction of sp³-hybridized carbons (Fsp3) is 0.667. The molecule has 2 saturated carbocycles. The van der Waals surface area contributed by atoms with Crippen LogP contribution in [0, 0.1) is 18.3 Å². The van der Waals surface area contributed by atoms with Gasteiger partial charge in [-0.3, -0.25) is 10.1 Å². The van der Waals surface area contributed by atoms with Crippen LogP contribution in [0.4, 0.5) is 13.2 Å². The summed E-state index contributed by atoms with van der Waals surface area (Å²) >= 11 is 0. The number of hydrogen-bond acceptors (Lipinski definition) is 4. The van der Waals surface area contributed by atoms with E-state index in [4.69, 9.17) is 0 Å². The van der Waals surface area contributed by atoms with E-state index in [9.17, 15) is 26.4 Å². The van der Waals surface area contributed by atoms with Crippen molar-refractivity contribution < 1.29 is 26.4 Å². The lowest BCUT2D eigenvalue weighted by Crippen LogP contribution is -2.48. The van der Waals surface area contributed by atoms with Crippen molar-refractivity contribution in [2.24, 2.45) is 11.3 Å². The van der Waals surface area contributed by atoms with Crippen LogP contribution in [0.15, 0.2) is 24.3 Å². The van der Waals surface area contributed by atoms with Gasteiger partial charge in [-0.1, -0.05) is 36.8 Å². The van der Waals surface area contributed by atoms with E-state index >= 15 is 0 Å². The Hall–Kier alpha value is -1.41. The minimum atomic E-state index is -4.66. The van der Waals surface area contributed by atoms with Gasteiger partial charge in [-0.05, 0) is 49.5 Å². The van der Waals surface area contributed by atoms with E-state index in [1.165, 1.54) is 12.1 Å². The first-order chi connectivity index (χ1) is 13.4. The minimum Gasteiger partial charge on any atom is -0.298 e. The van der Waals surface area contributed by atoms with Gasteiger partial charge in [-0.25, -0.2) is 8.42 Å². The molecule has 29 heavy (non-hydrogen) atoms. The fourth-order valence-corrected chi connectivity index (χ4v) is 5.45. The number of sulfone groups is 1. The molecule has 0 heterocycles. The van der Waals surface area contributed by atoms with Gasteiger partial charge in [0.2, 0.25) is 0 Å². The number of Topliss-reactive ketones (excluding diaryl/α,β-unsaturated/α-hetero) is 1. The van der Waals surface area contributed by atoms with E-state index in [2.05, 4.69) is 5.32 Å². The molecule has 2 aliphatic carbocycles. The molecule has 3 rings (SSSR count). The highest BCUT2D eigenvalue weighted by Crippen LogP contribution is 2.48. The first-order valence-electron chi connectivity index (χ1n) is 9.99. The van der Waals surface area contributed by atoms with Crippen LogP contribution in [0.1, 0.15) is 56.2 Å². The Kier molecular flexibility index (Phi) is 6.16. The lowest BCUT2D eigenvalue weighted by molar-refractivity contribution is -0.160. The highest BCUT2D eigenvalue weighted by atomic mass is 32.2. The summed E-state index contributed by atoms with van der Waals surface area (Å²) in [5.74, 6) is -1.02. The second-order valence-electron chi connectivity index (χ2n) is 9.08. The molecule has 0 aliphatic heterocycles. The van der Waals surface area contributed by atoms with Crippen molar-refractivity contribution in [2.45, 2.75) is 64.2 Å². The summed E-state index contributed by atoms with van der Waals surface area (Å²) in [5.41, 5.74) is 0.573. The second-order valence-corrected chi connectivity index (χ2v) is 11.2. The predicted molar refractivity (Wildman–Crippen MR) is 105 cm³/mol. The lowest BCUT2D eigenvalue weighted by Gasteiger charge is -2.28. The van der Waals surface area contributed by atoms with E-state index in [0.29, 0.717) is 0 Å². The van der Waals surface area contributed by atoms with E-state index < -0.39 is 39.6 Å². The number of carbonyl (C=O) groups excluding carboxylic acids is 1. The molecule has 0 bridgehead atoms. The third-order valence-electron chi connectivity index (χ3n) is 5.81. The van der Waals surface area contributed by atoms with Crippen LogP contribution in [0.25, 0.3) is 0 Å². The Bertz CT molecular complexity index is 841. The Morgan fingerprint density at radius 3 is 2.28 bits per heavy atom. The van der Waals surface area contributed by atoms with Gasteiger partial charge in [0.05, 0.1) is 17.5 Å². The third kappa shape index (κ3) is 6.54. The lowest BCUT2D eigenvalue weighted by atomic mass is 9.97. The van der Waals surface area contributed by atoms with Gasteiger partial charge < -0.3 is 0 Å². The molecule has 1 aromatic carbocycles. The van der Waals surface area contributed by atoms with Gasteiger partial charge in [-0.15, -0.1) is 0 Å². The van der Waals surface area contributed by atoms with Crippen molar-refractivity contribution in [1.82, 2.24) is 5.32 Å². The van der Waals surface area contributed by atoms with Crippen molar-refractivity contribution in [3.8, 4) is 0 Å². The molecule has 1 aromatic rings. The number of benzene rings is 1. The smallest absolute Gasteiger partial charge is 0.298 e. The molecule has 0 unspecified atom stereocenters. The van der Waals surface area contributed by atoms with Gasteiger partial charge >= 0.3 is 6.18 Å². The number of hydrogen-bond donors (Lipinski definition) is 1. The summed E-state index contributed by atoms with van der Waals surface area (Å²) in [6.07, 6.45) is -1.25. The summed E-state index contributed by atoms with van der Waals surface area (Å²) in [6, 6.07) is 2.40. The number of aryl methyl sites for hydroxylation is 1. The van der Waals surface area contributed by atoms with Crippen LogP contribution in [0.5, 0.6) is 0 Å². The minimum absolute atomic E-state index is 0.0295. The molecule has 0 aromatic heterocycles. The topological polar surface area (TPSA) is 63.2 Å². The third-order valence-corrected chi connectivity index (χ3v) is 7.63. The highest BCUT2D eigenvalue weighted by molar-refractivity contribution is 7.91. The van der Waals surface area contributed by atoms with E-state index in [1.807, 2.05) is 6.92 Å². The normalized spacial score (nSPS) is 20.9. The molecule has 2 aliphatic rings. The maximum atomic E-state index is 13.8. The molecule has 162 valence electrons. The van der Waals surface area contributed by atoms with Gasteiger partial charge in [0.25, 0.3) is 0 Å². The Morgan fingerprint density at radius 1 is 1.21 bits per heavy atom. The molecule has 0 amide bonds. The average Bonchev–Trinajstić information content (AvgIpc) is 3.51. The Labute approximate surface area is 170 Å². The monoisotopic (exact) mass is 431 g/mol. The van der Waals surface area contributed by atoms with Crippen molar-refractivity contribution in [1.29, 1.82) is 0 Å². The Balaban J connectivity index is 1.83. The van der Waals surface area contributed by atoms with Crippen LogP contribution in [0.2, 0.25) is 0 Å². The molecule has 0 spiro atoms. The van der Waals surface area contributed by atoms with E-state index in [-0.39, 0.29) is 29.1 Å². The van der Waals surface area contributed by atoms with E-state index in [1.54, 1.807) is 19.1 Å². The predicted octanol–water partition coefficient (Wildman–Crippen LogP) is 4.14. The number of nitrogens with one attached hydrogen (secondary N) is 1. The molecule has 2 fully saturated rings. The molecule has 0 saturated heterocycles. The quantitative estimate of drug-likeness (QED) is 0.605. The number of rotatable bonds is 10. The SMILES string of the molecule is Cc1ccc([C@H](N[C@@H](CS(=O)(=O)CC2CC2)C(=O)CC2(C)CC2)C(F)(F)F)cc1. The van der Waals surface area contributed by atoms with Crippen molar-refractivity contribution in [2.75, 3.05) is 11.5 Å². The number of carbonyl (C=O) groups is 1. The average molecular weight is 432 g/mol. The molecule has 8 heteroatoms. The first kappa shape index (κ1) is 22.3. The number of ketones is 1. The zero-order chi connectivity index (χ0) is 21.4. The molecular weight excluding hydrogens is 403 g/mol. The largest absolute Gasteiger partial charge is 0.407 e. The standard InChI is InChI=1S/C21H28F3NO3S/c1-14-3-7-16(8-4-14)19(21(22,23)24)25-17(18(26)11-20(2)9-10-20)13-29(27,28)12-15-5-6-15/h3-4,7-8,15,17,19,25H,5-6,9-13H2,1-2H3/t17-,19-/m0/s1. The van der Waals surface area contributed by atoms with Gasteiger partial charge in [-0.2, -0.15) is 13.2 Å². The summed E-state index contributed by atoms with van der Waals surface area (Å²) in [5, 5.41) is 2.38. The summed E-state index contributed by atoms with van der Waals surface area (Å²) in [7, 11) is -3.63. The van der Waals surface area contributed by atoms with Crippen LogP contribution in [0.3, 0.4) is 0 Å².